The van der Waals surface area contributed by atoms with Crippen LogP contribution in [0.1, 0.15) is 45.7 Å². The van der Waals surface area contributed by atoms with E-state index in [1.165, 1.54) is 21.0 Å². The zero-order valence-corrected chi connectivity index (χ0v) is 25.4. The molecular formula is C30H42N6O7. The molecule has 6 N–H and O–H groups in total. The van der Waals surface area contributed by atoms with Gasteiger partial charge in [0.1, 0.15) is 29.8 Å². The molecule has 0 unspecified atom stereocenters. The maximum atomic E-state index is 13.1. The molecule has 4 atom stereocenters. The van der Waals surface area contributed by atoms with E-state index in [1.807, 2.05) is 48.5 Å². The number of carbonyl (C=O) groups excluding carboxylic acids is 5. The highest BCUT2D eigenvalue weighted by molar-refractivity contribution is 5.90. The van der Waals surface area contributed by atoms with E-state index in [0.717, 1.165) is 11.1 Å². The van der Waals surface area contributed by atoms with Gasteiger partial charge in [-0.25, -0.2) is 15.6 Å². The summed E-state index contributed by atoms with van der Waals surface area (Å²) in [5.41, 5.74) is 10.9. The average molecular weight is 599 g/mol. The van der Waals surface area contributed by atoms with Crippen LogP contribution in [0.2, 0.25) is 0 Å². The van der Waals surface area contributed by atoms with E-state index in [2.05, 4.69) is 37.1 Å². The van der Waals surface area contributed by atoms with Gasteiger partial charge < -0.3 is 20.1 Å². The molecule has 0 aliphatic rings. The Morgan fingerprint density at radius 2 is 1.12 bits per heavy atom. The van der Waals surface area contributed by atoms with Crippen molar-refractivity contribution in [3.8, 4) is 0 Å². The molecule has 0 bridgehead atoms. The van der Waals surface area contributed by atoms with Crippen molar-refractivity contribution in [3.63, 3.8) is 0 Å². The highest BCUT2D eigenvalue weighted by Crippen LogP contribution is 2.09. The summed E-state index contributed by atoms with van der Waals surface area (Å²) in [4.78, 5) is 63.2. The summed E-state index contributed by atoms with van der Waals surface area (Å²) in [6, 6.07) is 14.3. The molecule has 2 aromatic carbocycles. The van der Waals surface area contributed by atoms with Crippen molar-refractivity contribution in [2.45, 2.75) is 77.2 Å². The minimum absolute atomic E-state index is 0.157. The second-order valence-corrected chi connectivity index (χ2v) is 10.9. The standard InChI is InChI=1S/C30H42N6O7/c1-19(33-35-27(39)24(18-22-15-11-8-12-16-22)32-29(41)43-30(3,4)5)25(37)31-23(17-21-13-9-7-10-14-21)26(38)36-34-20(2)28(40)42-6/h7-16,19-20,23-24,33-34H,17-18H2,1-6H3,(H,31,37)(H,32,41)(H,35,39)(H,36,38)/t19-,20-,23+,24+/m1/s1. The molecule has 0 saturated heterocycles. The van der Waals surface area contributed by atoms with Crippen LogP contribution >= 0.6 is 0 Å². The Morgan fingerprint density at radius 3 is 1.56 bits per heavy atom. The number of hydrogen-bond acceptors (Lipinski definition) is 9. The average Bonchev–Trinajstić information content (AvgIpc) is 2.97. The third-order valence-electron chi connectivity index (χ3n) is 5.98. The van der Waals surface area contributed by atoms with Crippen LogP contribution in [0.25, 0.3) is 0 Å². The van der Waals surface area contributed by atoms with Gasteiger partial charge in [0.25, 0.3) is 11.8 Å². The summed E-state index contributed by atoms with van der Waals surface area (Å²) in [6.45, 7) is 8.14. The van der Waals surface area contributed by atoms with Crippen molar-refractivity contribution in [2.24, 2.45) is 0 Å². The maximum Gasteiger partial charge on any atom is 0.408 e. The van der Waals surface area contributed by atoms with Crippen LogP contribution in [0, 0.1) is 0 Å². The normalized spacial score (nSPS) is 13.8. The van der Waals surface area contributed by atoms with Gasteiger partial charge in [-0.2, -0.15) is 0 Å². The molecule has 0 aliphatic heterocycles. The molecule has 234 valence electrons. The fraction of sp³-hybridized carbons (Fsp3) is 0.433. The molecule has 0 saturated carbocycles. The van der Waals surface area contributed by atoms with E-state index in [9.17, 15) is 24.0 Å². The number of benzene rings is 2. The SMILES string of the molecule is COC(=O)[C@@H](C)NNC(=O)[C@H](Cc1ccccc1)NC(=O)[C@@H](C)NNC(=O)[C@H](Cc1ccccc1)NC(=O)OC(C)(C)C. The van der Waals surface area contributed by atoms with Gasteiger partial charge >= 0.3 is 12.1 Å². The van der Waals surface area contributed by atoms with E-state index in [1.54, 1.807) is 32.9 Å². The van der Waals surface area contributed by atoms with Gasteiger partial charge in [-0.3, -0.25) is 30.0 Å². The Bertz CT molecular complexity index is 1220. The lowest BCUT2D eigenvalue weighted by atomic mass is 10.0. The van der Waals surface area contributed by atoms with E-state index in [0.29, 0.717) is 0 Å². The predicted octanol–water partition coefficient (Wildman–Crippen LogP) is 1.04. The van der Waals surface area contributed by atoms with Crippen LogP contribution in [-0.2, 0) is 41.5 Å². The first-order chi connectivity index (χ1) is 20.3. The molecule has 0 aromatic heterocycles. The van der Waals surface area contributed by atoms with Crippen LogP contribution in [0.3, 0.4) is 0 Å². The second-order valence-electron chi connectivity index (χ2n) is 10.9. The monoisotopic (exact) mass is 598 g/mol. The quantitative estimate of drug-likeness (QED) is 0.137. The number of nitrogens with one attached hydrogen (secondary N) is 6. The Morgan fingerprint density at radius 1 is 0.674 bits per heavy atom. The smallest absolute Gasteiger partial charge is 0.408 e. The first-order valence-corrected chi connectivity index (χ1v) is 13.9. The Kier molecular flexibility index (Phi) is 13.6. The molecule has 13 nitrogen and oxygen atoms in total. The highest BCUT2D eigenvalue weighted by atomic mass is 16.6. The molecule has 43 heavy (non-hydrogen) atoms. The maximum absolute atomic E-state index is 13.1. The van der Waals surface area contributed by atoms with Crippen molar-refractivity contribution in [1.29, 1.82) is 0 Å². The summed E-state index contributed by atoms with van der Waals surface area (Å²) in [5.74, 6) is -2.36. The topological polar surface area (TPSA) is 176 Å². The number of rotatable bonds is 14. The largest absolute Gasteiger partial charge is 0.468 e. The molecule has 0 fully saturated rings. The summed E-state index contributed by atoms with van der Waals surface area (Å²) in [5, 5.41) is 5.25. The fourth-order valence-corrected chi connectivity index (χ4v) is 3.70. The molecular weight excluding hydrogens is 556 g/mol. The van der Waals surface area contributed by atoms with E-state index >= 15 is 0 Å². The van der Waals surface area contributed by atoms with Gasteiger partial charge in [-0.15, -0.1) is 0 Å². The zero-order valence-electron chi connectivity index (χ0n) is 25.4. The van der Waals surface area contributed by atoms with Crippen molar-refractivity contribution >= 4 is 29.8 Å². The van der Waals surface area contributed by atoms with Gasteiger partial charge in [-0.1, -0.05) is 60.7 Å². The fourth-order valence-electron chi connectivity index (χ4n) is 3.70. The minimum Gasteiger partial charge on any atom is -0.468 e. The molecule has 0 spiro atoms. The molecule has 0 aliphatic carbocycles. The number of hydrogen-bond donors (Lipinski definition) is 6. The Balaban J connectivity index is 2.06. The van der Waals surface area contributed by atoms with Gasteiger partial charge in [-0.05, 0) is 45.7 Å². The van der Waals surface area contributed by atoms with E-state index in [4.69, 9.17) is 4.74 Å². The minimum atomic E-state index is -1.02. The first kappa shape index (κ1) is 34.7. The van der Waals surface area contributed by atoms with E-state index < -0.39 is 59.6 Å². The molecule has 2 aromatic rings. The number of hydrazine groups is 2. The lowest BCUT2D eigenvalue weighted by Gasteiger charge is -2.25. The van der Waals surface area contributed by atoms with E-state index in [-0.39, 0.29) is 12.8 Å². The third kappa shape index (κ3) is 12.9. The van der Waals surface area contributed by atoms with Crippen LogP contribution < -0.4 is 32.3 Å². The van der Waals surface area contributed by atoms with Crippen LogP contribution in [0.4, 0.5) is 4.79 Å². The molecule has 13 heteroatoms. The van der Waals surface area contributed by atoms with Crippen LogP contribution in [0.5, 0.6) is 0 Å². The number of ether oxygens (including phenoxy) is 2. The van der Waals surface area contributed by atoms with Gasteiger partial charge in [0, 0.05) is 12.8 Å². The number of methoxy groups -OCH3 is 1. The highest BCUT2D eigenvalue weighted by Gasteiger charge is 2.28. The van der Waals surface area contributed by atoms with Gasteiger partial charge in [0.05, 0.1) is 7.11 Å². The lowest BCUT2D eigenvalue weighted by Crippen LogP contribution is -2.59. The number of esters is 1. The van der Waals surface area contributed by atoms with Crippen LogP contribution in [-0.4, -0.2) is 66.7 Å². The summed E-state index contributed by atoms with van der Waals surface area (Å²) >= 11 is 0. The third-order valence-corrected chi connectivity index (χ3v) is 5.98. The summed E-state index contributed by atoms with van der Waals surface area (Å²) < 4.78 is 9.95. The van der Waals surface area contributed by atoms with Crippen molar-refractivity contribution < 1.29 is 33.4 Å². The summed E-state index contributed by atoms with van der Waals surface area (Å²) in [6.07, 6.45) is -0.436. The van der Waals surface area contributed by atoms with Gasteiger partial charge in [0.2, 0.25) is 5.91 Å². The Labute approximate surface area is 251 Å². The van der Waals surface area contributed by atoms with Crippen molar-refractivity contribution in [3.05, 3.63) is 71.8 Å². The number of carbonyl (C=O) groups is 5. The molecule has 0 radical (unpaired) electrons. The second kappa shape index (κ2) is 16.8. The first-order valence-electron chi connectivity index (χ1n) is 13.9. The number of amides is 4. The Hall–Kier alpha value is -4.49. The molecule has 0 heterocycles. The summed E-state index contributed by atoms with van der Waals surface area (Å²) in [7, 11) is 1.23. The van der Waals surface area contributed by atoms with Crippen molar-refractivity contribution in [1.82, 2.24) is 32.3 Å². The lowest BCUT2D eigenvalue weighted by molar-refractivity contribution is -0.143. The predicted molar refractivity (Wildman–Crippen MR) is 159 cm³/mol. The van der Waals surface area contributed by atoms with Crippen molar-refractivity contribution in [2.75, 3.05) is 7.11 Å². The molecule has 2 rings (SSSR count). The molecule has 4 amide bonds. The van der Waals surface area contributed by atoms with Crippen LogP contribution in [0.15, 0.2) is 60.7 Å². The van der Waals surface area contributed by atoms with Gasteiger partial charge in [0.15, 0.2) is 0 Å². The number of alkyl carbamates (subject to hydrolysis) is 1. The zero-order chi connectivity index (χ0) is 32.0.